The molecule has 0 spiro atoms. The van der Waals surface area contributed by atoms with Gasteiger partial charge >= 0.3 is 0 Å². The van der Waals surface area contributed by atoms with Crippen LogP contribution in [0.2, 0.25) is 0 Å². The summed E-state index contributed by atoms with van der Waals surface area (Å²) in [6.45, 7) is 16.0. The lowest BCUT2D eigenvalue weighted by atomic mass is 10.1. The monoisotopic (exact) mass is 405 g/mol. The van der Waals surface area contributed by atoms with Crippen molar-refractivity contribution in [2.24, 2.45) is 10.9 Å². The van der Waals surface area contributed by atoms with E-state index >= 15 is 0 Å². The lowest BCUT2D eigenvalue weighted by Gasteiger charge is -2.35. The molecule has 2 N–H and O–H groups in total. The van der Waals surface area contributed by atoms with Crippen LogP contribution in [0, 0.1) is 5.92 Å². The Morgan fingerprint density at radius 3 is 2.34 bits per heavy atom. The van der Waals surface area contributed by atoms with Gasteiger partial charge in [-0.3, -0.25) is 0 Å². The molecule has 0 aromatic heterocycles. The van der Waals surface area contributed by atoms with Gasteiger partial charge in [-0.25, -0.2) is 4.99 Å². The molecule has 29 heavy (non-hydrogen) atoms. The number of aliphatic imine (C=N–C) groups is 1. The van der Waals surface area contributed by atoms with Crippen LogP contribution >= 0.6 is 0 Å². The minimum Gasteiger partial charge on any atom is -0.493 e. The molecule has 1 heterocycles. The Labute approximate surface area is 176 Å². The lowest BCUT2D eigenvalue weighted by molar-refractivity contribution is 0.124. The first-order valence-electron chi connectivity index (χ1n) is 10.8. The zero-order chi connectivity index (χ0) is 21.1. The molecule has 1 aromatic rings. The number of guanidine groups is 1. The summed E-state index contributed by atoms with van der Waals surface area (Å²) in [5.74, 6) is 2.88. The summed E-state index contributed by atoms with van der Waals surface area (Å²) in [7, 11) is 3.30. The molecule has 7 nitrogen and oxygen atoms in total. The highest BCUT2D eigenvalue weighted by atomic mass is 16.5. The summed E-state index contributed by atoms with van der Waals surface area (Å²) in [6, 6.07) is 5.92. The van der Waals surface area contributed by atoms with Crippen LogP contribution < -0.4 is 20.1 Å². The third kappa shape index (κ3) is 7.74. The van der Waals surface area contributed by atoms with E-state index in [-0.39, 0.29) is 0 Å². The fourth-order valence-electron chi connectivity index (χ4n) is 3.56. The minimum absolute atomic E-state index is 0.563. The number of hydrogen-bond donors (Lipinski definition) is 2. The highest BCUT2D eigenvalue weighted by molar-refractivity contribution is 5.79. The second kappa shape index (κ2) is 12.5. The van der Waals surface area contributed by atoms with Crippen molar-refractivity contribution in [3.63, 3.8) is 0 Å². The van der Waals surface area contributed by atoms with Crippen LogP contribution in [-0.4, -0.2) is 82.3 Å². The molecule has 1 unspecified atom stereocenters. The summed E-state index contributed by atoms with van der Waals surface area (Å²) >= 11 is 0. The molecule has 1 fully saturated rings. The van der Waals surface area contributed by atoms with E-state index in [1.165, 1.54) is 26.2 Å². The molecular weight excluding hydrogens is 366 g/mol. The highest BCUT2D eigenvalue weighted by Crippen LogP contribution is 2.27. The summed E-state index contributed by atoms with van der Waals surface area (Å²) < 4.78 is 10.7. The van der Waals surface area contributed by atoms with Crippen LogP contribution in [-0.2, 0) is 6.54 Å². The number of hydrogen-bond acceptors (Lipinski definition) is 5. The Bertz CT molecular complexity index is 630. The summed E-state index contributed by atoms with van der Waals surface area (Å²) in [4.78, 5) is 9.83. The molecule has 1 atom stereocenters. The van der Waals surface area contributed by atoms with Gasteiger partial charge in [-0.05, 0) is 37.1 Å². The van der Waals surface area contributed by atoms with Crippen molar-refractivity contribution in [1.82, 2.24) is 20.4 Å². The fraction of sp³-hybridized carbons (Fsp3) is 0.682. The number of benzene rings is 1. The van der Waals surface area contributed by atoms with Gasteiger partial charge in [0.2, 0.25) is 0 Å². The lowest BCUT2D eigenvalue weighted by Crippen LogP contribution is -2.48. The maximum Gasteiger partial charge on any atom is 0.191 e. The molecular formula is C22H39N5O2. The topological polar surface area (TPSA) is 61.4 Å². The second-order valence-electron chi connectivity index (χ2n) is 7.61. The first-order valence-corrected chi connectivity index (χ1v) is 10.8. The summed E-state index contributed by atoms with van der Waals surface area (Å²) in [6.07, 6.45) is 0. The van der Waals surface area contributed by atoms with Crippen molar-refractivity contribution >= 4 is 5.96 Å². The molecule has 0 saturated carbocycles. The molecule has 1 aliphatic heterocycles. The van der Waals surface area contributed by atoms with E-state index in [9.17, 15) is 0 Å². The van der Waals surface area contributed by atoms with Crippen molar-refractivity contribution in [3.05, 3.63) is 23.8 Å². The number of likely N-dealkylation sites (N-methyl/N-ethyl adjacent to an activating group) is 1. The van der Waals surface area contributed by atoms with Crippen LogP contribution in [0.25, 0.3) is 0 Å². The zero-order valence-corrected chi connectivity index (χ0v) is 18.8. The molecule has 0 amide bonds. The van der Waals surface area contributed by atoms with Crippen molar-refractivity contribution in [1.29, 1.82) is 0 Å². The van der Waals surface area contributed by atoms with Crippen molar-refractivity contribution < 1.29 is 9.47 Å². The molecule has 0 radical (unpaired) electrons. The molecule has 1 aromatic carbocycles. The number of methoxy groups -OCH3 is 2. The van der Waals surface area contributed by atoms with Gasteiger partial charge in [-0.1, -0.05) is 19.9 Å². The van der Waals surface area contributed by atoms with Crippen LogP contribution in [0.5, 0.6) is 11.5 Å². The van der Waals surface area contributed by atoms with Gasteiger partial charge in [0.15, 0.2) is 17.5 Å². The van der Waals surface area contributed by atoms with Crippen molar-refractivity contribution in [2.45, 2.75) is 27.3 Å². The van der Waals surface area contributed by atoms with E-state index < -0.39 is 0 Å². The molecule has 0 bridgehead atoms. The second-order valence-corrected chi connectivity index (χ2v) is 7.61. The Kier molecular flexibility index (Phi) is 10.1. The molecule has 0 aliphatic carbocycles. The van der Waals surface area contributed by atoms with Crippen LogP contribution in [0.4, 0.5) is 0 Å². The van der Waals surface area contributed by atoms with E-state index in [1.807, 2.05) is 18.2 Å². The number of nitrogens with one attached hydrogen (secondary N) is 2. The van der Waals surface area contributed by atoms with Gasteiger partial charge in [-0.2, -0.15) is 0 Å². The predicted octanol–water partition coefficient (Wildman–Crippen LogP) is 2.03. The Hall–Kier alpha value is -1.99. The van der Waals surface area contributed by atoms with Crippen molar-refractivity contribution in [2.75, 3.05) is 66.6 Å². The molecule has 1 saturated heterocycles. The fourth-order valence-corrected chi connectivity index (χ4v) is 3.56. The summed E-state index contributed by atoms with van der Waals surface area (Å²) in [5, 5.41) is 6.84. The number of rotatable bonds is 10. The maximum absolute atomic E-state index is 5.38. The van der Waals surface area contributed by atoms with Gasteiger partial charge in [0, 0.05) is 45.8 Å². The third-order valence-electron chi connectivity index (χ3n) is 5.31. The molecule has 164 valence electrons. The normalized spacial score (nSPS) is 17.1. The van der Waals surface area contributed by atoms with Gasteiger partial charge in [0.1, 0.15) is 0 Å². The standard InChI is InChI=1S/C22H39N5O2/c1-6-23-22(25-16-19-8-9-20(28-4)21(14-19)29-5)24-15-18(3)17-27-12-10-26(7-2)11-13-27/h8-9,14,18H,6-7,10-13,15-17H2,1-5H3,(H2,23,24,25). The van der Waals surface area contributed by atoms with E-state index in [0.717, 1.165) is 49.2 Å². The Balaban J connectivity index is 1.84. The van der Waals surface area contributed by atoms with Crippen LogP contribution in [0.3, 0.4) is 0 Å². The van der Waals surface area contributed by atoms with E-state index in [0.29, 0.717) is 12.5 Å². The molecule has 7 heteroatoms. The SMILES string of the molecule is CCNC(=NCc1ccc(OC)c(OC)c1)NCC(C)CN1CCN(CC)CC1. The Morgan fingerprint density at radius 2 is 1.72 bits per heavy atom. The van der Waals surface area contributed by atoms with Crippen molar-refractivity contribution in [3.8, 4) is 11.5 Å². The van der Waals surface area contributed by atoms with E-state index in [4.69, 9.17) is 14.5 Å². The predicted molar refractivity (Wildman–Crippen MR) is 120 cm³/mol. The Morgan fingerprint density at radius 1 is 1.03 bits per heavy atom. The average molecular weight is 406 g/mol. The number of piperazine rings is 1. The van der Waals surface area contributed by atoms with Gasteiger partial charge in [-0.15, -0.1) is 0 Å². The first kappa shape index (κ1) is 23.3. The van der Waals surface area contributed by atoms with E-state index in [2.05, 4.69) is 41.2 Å². The maximum atomic E-state index is 5.38. The zero-order valence-electron chi connectivity index (χ0n) is 18.8. The van der Waals surface area contributed by atoms with Crippen LogP contribution in [0.15, 0.2) is 23.2 Å². The van der Waals surface area contributed by atoms with Gasteiger partial charge in [0.25, 0.3) is 0 Å². The third-order valence-corrected chi connectivity index (χ3v) is 5.31. The minimum atomic E-state index is 0.563. The smallest absolute Gasteiger partial charge is 0.191 e. The highest BCUT2D eigenvalue weighted by Gasteiger charge is 2.17. The molecule has 1 aliphatic rings. The van der Waals surface area contributed by atoms with Gasteiger partial charge in [0.05, 0.1) is 20.8 Å². The molecule has 2 rings (SSSR count). The first-order chi connectivity index (χ1) is 14.1. The quantitative estimate of drug-likeness (QED) is 0.459. The number of ether oxygens (including phenoxy) is 2. The average Bonchev–Trinajstić information content (AvgIpc) is 2.75. The largest absolute Gasteiger partial charge is 0.493 e. The van der Waals surface area contributed by atoms with Gasteiger partial charge < -0.3 is 29.9 Å². The van der Waals surface area contributed by atoms with Crippen LogP contribution in [0.1, 0.15) is 26.3 Å². The number of nitrogens with zero attached hydrogens (tertiary/aromatic N) is 3. The van der Waals surface area contributed by atoms with E-state index in [1.54, 1.807) is 14.2 Å². The summed E-state index contributed by atoms with van der Waals surface area (Å²) in [5.41, 5.74) is 1.08.